The van der Waals surface area contributed by atoms with Crippen LogP contribution in [0.25, 0.3) is 0 Å². The SMILES string of the molecule is COC(=O)CCc1ccc(N)cc1C.[HH]. The molecule has 0 atom stereocenters. The summed E-state index contributed by atoms with van der Waals surface area (Å²) in [6.07, 6.45) is 1.13. The fourth-order valence-corrected chi connectivity index (χ4v) is 1.34. The van der Waals surface area contributed by atoms with Gasteiger partial charge < -0.3 is 10.5 Å². The van der Waals surface area contributed by atoms with E-state index in [0.29, 0.717) is 12.8 Å². The van der Waals surface area contributed by atoms with Crippen molar-refractivity contribution in [2.24, 2.45) is 0 Å². The molecule has 1 aromatic rings. The van der Waals surface area contributed by atoms with Crippen LogP contribution < -0.4 is 5.73 Å². The van der Waals surface area contributed by atoms with E-state index in [4.69, 9.17) is 5.73 Å². The lowest BCUT2D eigenvalue weighted by molar-refractivity contribution is -0.140. The number of hydrogen-bond donors (Lipinski definition) is 1. The molecule has 0 radical (unpaired) electrons. The highest BCUT2D eigenvalue weighted by molar-refractivity contribution is 5.69. The number of nitrogens with two attached hydrogens (primary N) is 1. The summed E-state index contributed by atoms with van der Waals surface area (Å²) >= 11 is 0. The van der Waals surface area contributed by atoms with Gasteiger partial charge in [0.1, 0.15) is 0 Å². The second-order valence-electron chi connectivity index (χ2n) is 3.26. The zero-order chi connectivity index (χ0) is 10.6. The first kappa shape index (κ1) is 10.6. The van der Waals surface area contributed by atoms with E-state index in [9.17, 15) is 4.79 Å². The van der Waals surface area contributed by atoms with Gasteiger partial charge in [-0.3, -0.25) is 4.79 Å². The van der Waals surface area contributed by atoms with Crippen molar-refractivity contribution in [3.05, 3.63) is 29.3 Å². The van der Waals surface area contributed by atoms with Crippen LogP contribution in [0.15, 0.2) is 18.2 Å². The molecule has 0 saturated heterocycles. The fourth-order valence-electron chi connectivity index (χ4n) is 1.34. The van der Waals surface area contributed by atoms with Crippen LogP contribution in [0.4, 0.5) is 5.69 Å². The number of anilines is 1. The molecule has 0 heterocycles. The van der Waals surface area contributed by atoms with Crippen LogP contribution in [0.1, 0.15) is 19.0 Å². The van der Waals surface area contributed by atoms with E-state index < -0.39 is 0 Å². The number of methoxy groups -OCH3 is 1. The lowest BCUT2D eigenvalue weighted by Gasteiger charge is -2.05. The smallest absolute Gasteiger partial charge is 0.305 e. The first-order valence-corrected chi connectivity index (χ1v) is 4.55. The minimum atomic E-state index is -0.179. The van der Waals surface area contributed by atoms with Crippen LogP contribution in [0.3, 0.4) is 0 Å². The molecule has 0 unspecified atom stereocenters. The Labute approximate surface area is 85.4 Å². The third kappa shape index (κ3) is 2.76. The summed E-state index contributed by atoms with van der Waals surface area (Å²) < 4.78 is 4.57. The number of aryl methyl sites for hydroxylation is 2. The molecule has 78 valence electrons. The number of carbonyl (C=O) groups is 1. The molecule has 0 aromatic heterocycles. The first-order valence-electron chi connectivity index (χ1n) is 4.55. The van der Waals surface area contributed by atoms with Crippen LogP contribution in [0.2, 0.25) is 0 Å². The second kappa shape index (κ2) is 4.65. The Hall–Kier alpha value is -1.51. The molecule has 2 N–H and O–H groups in total. The Kier molecular flexibility index (Phi) is 3.51. The Morgan fingerprint density at radius 1 is 1.57 bits per heavy atom. The molecule has 0 aliphatic rings. The maximum Gasteiger partial charge on any atom is 0.305 e. The van der Waals surface area contributed by atoms with Crippen LogP contribution in [0, 0.1) is 6.92 Å². The van der Waals surface area contributed by atoms with Crippen molar-refractivity contribution in [2.45, 2.75) is 19.8 Å². The van der Waals surface area contributed by atoms with Crippen LogP contribution >= 0.6 is 0 Å². The summed E-state index contributed by atoms with van der Waals surface area (Å²) in [5.74, 6) is -0.179. The molecule has 3 nitrogen and oxygen atoms in total. The average molecular weight is 195 g/mol. The van der Waals surface area contributed by atoms with E-state index in [2.05, 4.69) is 4.74 Å². The van der Waals surface area contributed by atoms with Gasteiger partial charge in [-0.15, -0.1) is 0 Å². The maximum absolute atomic E-state index is 10.9. The van der Waals surface area contributed by atoms with Crippen LogP contribution in [-0.4, -0.2) is 13.1 Å². The molecule has 0 amide bonds. The summed E-state index contributed by atoms with van der Waals surface area (Å²) in [5, 5.41) is 0. The quantitative estimate of drug-likeness (QED) is 0.592. The standard InChI is InChI=1S/C11H15NO2.H2/c1-8-7-10(12)5-3-9(8)4-6-11(13)14-2;/h3,5,7H,4,6,12H2,1-2H3;1H. The van der Waals surface area contributed by atoms with E-state index in [0.717, 1.165) is 16.8 Å². The van der Waals surface area contributed by atoms with Crippen molar-refractivity contribution >= 4 is 11.7 Å². The number of ether oxygens (including phenoxy) is 1. The van der Waals surface area contributed by atoms with Gasteiger partial charge in [0.15, 0.2) is 0 Å². The average Bonchev–Trinajstić information content (AvgIpc) is 2.16. The molecule has 0 saturated carbocycles. The van der Waals surface area contributed by atoms with Crippen LogP contribution in [-0.2, 0) is 16.0 Å². The highest BCUT2D eigenvalue weighted by Gasteiger charge is 2.03. The zero-order valence-electron chi connectivity index (χ0n) is 8.54. The summed E-state index contributed by atoms with van der Waals surface area (Å²) in [7, 11) is 1.40. The van der Waals surface area contributed by atoms with Crippen LogP contribution in [0.5, 0.6) is 0 Å². The molecule has 1 aromatic carbocycles. The topological polar surface area (TPSA) is 52.3 Å². The number of carbonyl (C=O) groups excluding carboxylic acids is 1. The summed E-state index contributed by atoms with van der Waals surface area (Å²) in [4.78, 5) is 10.9. The Balaban J connectivity index is 0.00000196. The number of hydrogen-bond acceptors (Lipinski definition) is 3. The third-order valence-corrected chi connectivity index (χ3v) is 2.19. The van der Waals surface area contributed by atoms with E-state index >= 15 is 0 Å². The van der Waals surface area contributed by atoms with Crippen molar-refractivity contribution in [2.75, 3.05) is 12.8 Å². The maximum atomic E-state index is 10.9. The minimum absolute atomic E-state index is 0. The van der Waals surface area contributed by atoms with E-state index in [-0.39, 0.29) is 7.40 Å². The monoisotopic (exact) mass is 195 g/mol. The van der Waals surface area contributed by atoms with Gasteiger partial charge in [0.2, 0.25) is 0 Å². The Morgan fingerprint density at radius 2 is 2.29 bits per heavy atom. The van der Waals surface area contributed by atoms with Crippen molar-refractivity contribution in [3.63, 3.8) is 0 Å². The van der Waals surface area contributed by atoms with Crippen molar-refractivity contribution in [3.8, 4) is 0 Å². The number of esters is 1. The van der Waals surface area contributed by atoms with E-state index in [1.165, 1.54) is 7.11 Å². The van der Waals surface area contributed by atoms with Crippen molar-refractivity contribution in [1.29, 1.82) is 0 Å². The fraction of sp³-hybridized carbons (Fsp3) is 0.364. The molecule has 0 aliphatic carbocycles. The molecule has 0 aliphatic heterocycles. The van der Waals surface area contributed by atoms with E-state index in [1.807, 2.05) is 25.1 Å². The van der Waals surface area contributed by atoms with Gasteiger partial charge in [-0.05, 0) is 36.6 Å². The summed E-state index contributed by atoms with van der Waals surface area (Å²) in [6.45, 7) is 1.99. The molecule has 1 rings (SSSR count). The summed E-state index contributed by atoms with van der Waals surface area (Å²) in [6, 6.07) is 5.71. The van der Waals surface area contributed by atoms with Gasteiger partial charge in [-0.2, -0.15) is 0 Å². The summed E-state index contributed by atoms with van der Waals surface area (Å²) in [5.41, 5.74) is 8.63. The largest absolute Gasteiger partial charge is 0.469 e. The molecule has 0 fully saturated rings. The molecular formula is C11H17NO2. The lowest BCUT2D eigenvalue weighted by atomic mass is 10.0. The number of nitrogen functional groups attached to an aromatic ring is 1. The van der Waals surface area contributed by atoms with Gasteiger partial charge in [0, 0.05) is 13.5 Å². The molecule has 0 spiro atoms. The molecule has 0 bridgehead atoms. The van der Waals surface area contributed by atoms with Gasteiger partial charge in [-0.1, -0.05) is 6.07 Å². The predicted molar refractivity (Wildman–Crippen MR) is 58.0 cm³/mol. The molecule has 3 heteroatoms. The highest BCUT2D eigenvalue weighted by Crippen LogP contribution is 2.14. The Bertz CT molecular complexity index is 339. The number of rotatable bonds is 3. The van der Waals surface area contributed by atoms with Gasteiger partial charge >= 0.3 is 5.97 Å². The Morgan fingerprint density at radius 3 is 2.86 bits per heavy atom. The van der Waals surface area contributed by atoms with Gasteiger partial charge in [0.05, 0.1) is 7.11 Å². The molecule has 14 heavy (non-hydrogen) atoms. The first-order chi connectivity index (χ1) is 6.63. The molecular weight excluding hydrogens is 178 g/mol. The van der Waals surface area contributed by atoms with Gasteiger partial charge in [0.25, 0.3) is 0 Å². The normalized spacial score (nSPS) is 9.86. The van der Waals surface area contributed by atoms with Crippen molar-refractivity contribution in [1.82, 2.24) is 0 Å². The van der Waals surface area contributed by atoms with Crippen molar-refractivity contribution < 1.29 is 11.0 Å². The highest BCUT2D eigenvalue weighted by atomic mass is 16.5. The second-order valence-corrected chi connectivity index (χ2v) is 3.26. The predicted octanol–water partition coefficient (Wildman–Crippen LogP) is 1.93. The third-order valence-electron chi connectivity index (χ3n) is 2.19. The lowest BCUT2D eigenvalue weighted by Crippen LogP contribution is -2.03. The van der Waals surface area contributed by atoms with Gasteiger partial charge in [-0.25, -0.2) is 0 Å². The minimum Gasteiger partial charge on any atom is -0.469 e. The zero-order valence-corrected chi connectivity index (χ0v) is 8.54. The number of benzene rings is 1. The van der Waals surface area contributed by atoms with E-state index in [1.54, 1.807) is 0 Å².